The van der Waals surface area contributed by atoms with Crippen LogP contribution in [0.3, 0.4) is 0 Å². The van der Waals surface area contributed by atoms with Crippen molar-refractivity contribution >= 4 is 16.0 Å². The van der Waals surface area contributed by atoms with Gasteiger partial charge in [-0.15, -0.1) is 0 Å². The van der Waals surface area contributed by atoms with Crippen LogP contribution in [0.2, 0.25) is 0 Å². The van der Waals surface area contributed by atoms with Crippen molar-refractivity contribution in [2.24, 2.45) is 0 Å². The van der Waals surface area contributed by atoms with E-state index in [1.54, 1.807) is 4.31 Å². The summed E-state index contributed by atoms with van der Waals surface area (Å²) in [4.78, 5) is 10.8. The third-order valence-electron chi connectivity index (χ3n) is 4.18. The molecule has 1 atom stereocenters. The molecule has 1 aliphatic rings. The zero-order valence-electron chi connectivity index (χ0n) is 14.7. The number of anilines is 1. The summed E-state index contributed by atoms with van der Waals surface area (Å²) in [5.41, 5.74) is 0.787. The Kier molecular flexibility index (Phi) is 5.59. The number of aryl methyl sites for hydroxylation is 1. The van der Waals surface area contributed by atoms with Crippen molar-refractivity contribution in [3.8, 4) is 0 Å². The Hall–Kier alpha value is -1.25. The molecule has 0 radical (unpaired) electrons. The van der Waals surface area contributed by atoms with E-state index < -0.39 is 10.2 Å². The molecular formula is C15H27N5O2S. The minimum Gasteiger partial charge on any atom is -0.363 e. The van der Waals surface area contributed by atoms with Crippen molar-refractivity contribution in [1.29, 1.82) is 0 Å². The quantitative estimate of drug-likeness (QED) is 0.786. The normalized spacial score (nSPS) is 19.5. The molecule has 8 heteroatoms. The molecule has 2 rings (SSSR count). The van der Waals surface area contributed by atoms with Crippen molar-refractivity contribution < 1.29 is 8.42 Å². The monoisotopic (exact) mass is 341 g/mol. The van der Waals surface area contributed by atoms with Crippen LogP contribution in [0.4, 0.5) is 5.82 Å². The molecule has 130 valence electrons. The summed E-state index contributed by atoms with van der Waals surface area (Å²) in [5.74, 6) is 1.47. The second-order valence-electron chi connectivity index (χ2n) is 5.95. The van der Waals surface area contributed by atoms with Crippen LogP contribution in [0.15, 0.2) is 6.07 Å². The Morgan fingerprint density at radius 1 is 1.26 bits per heavy atom. The molecule has 2 heterocycles. The molecule has 0 aliphatic carbocycles. The fraction of sp³-hybridized carbons (Fsp3) is 0.733. The minimum absolute atomic E-state index is 0.207. The van der Waals surface area contributed by atoms with E-state index in [-0.39, 0.29) is 6.04 Å². The van der Waals surface area contributed by atoms with Crippen LogP contribution in [0.5, 0.6) is 0 Å². The summed E-state index contributed by atoms with van der Waals surface area (Å²) >= 11 is 0. The molecule has 1 saturated heterocycles. The van der Waals surface area contributed by atoms with Crippen LogP contribution < -0.4 is 4.90 Å². The molecule has 0 saturated carbocycles. The third kappa shape index (κ3) is 3.64. The molecule has 1 aromatic heterocycles. The molecule has 1 fully saturated rings. The Morgan fingerprint density at radius 2 is 1.91 bits per heavy atom. The summed E-state index contributed by atoms with van der Waals surface area (Å²) in [5, 5.41) is 0. The van der Waals surface area contributed by atoms with Crippen LogP contribution in [-0.4, -0.2) is 60.7 Å². The van der Waals surface area contributed by atoms with E-state index >= 15 is 0 Å². The van der Waals surface area contributed by atoms with Crippen molar-refractivity contribution in [2.45, 2.75) is 39.7 Å². The predicted molar refractivity (Wildman–Crippen MR) is 91.6 cm³/mol. The Labute approximate surface area is 139 Å². The highest BCUT2D eigenvalue weighted by Crippen LogP contribution is 2.35. The average Bonchev–Trinajstić information content (AvgIpc) is 2.97. The van der Waals surface area contributed by atoms with E-state index in [9.17, 15) is 8.42 Å². The summed E-state index contributed by atoms with van der Waals surface area (Å²) in [6.45, 7) is 7.08. The standard InChI is InChI=1S/C15H27N5O2S/c1-6-19(7-2)23(21,22)20-10-8-9-14(20)13-11-15(18(4)5)17-12(3)16-13/h11,14H,6-10H2,1-5H3/t14-/m0/s1. The van der Waals surface area contributed by atoms with Gasteiger partial charge in [0.05, 0.1) is 11.7 Å². The molecule has 7 nitrogen and oxygen atoms in total. The maximum Gasteiger partial charge on any atom is 0.282 e. The fourth-order valence-electron chi connectivity index (χ4n) is 2.98. The topological polar surface area (TPSA) is 69.6 Å². The lowest BCUT2D eigenvalue weighted by Crippen LogP contribution is -2.43. The molecule has 0 N–H and O–H groups in total. The van der Waals surface area contributed by atoms with Gasteiger partial charge in [-0.3, -0.25) is 0 Å². The maximum atomic E-state index is 12.9. The molecule has 0 unspecified atom stereocenters. The third-order valence-corrected chi connectivity index (χ3v) is 6.37. The first-order chi connectivity index (χ1) is 10.8. The van der Waals surface area contributed by atoms with Gasteiger partial charge in [-0.05, 0) is 19.8 Å². The Balaban J connectivity index is 2.39. The van der Waals surface area contributed by atoms with Crippen LogP contribution in [0, 0.1) is 6.92 Å². The van der Waals surface area contributed by atoms with E-state index in [0.717, 1.165) is 24.4 Å². The molecule has 0 amide bonds. The second-order valence-corrected chi connectivity index (χ2v) is 7.83. The van der Waals surface area contributed by atoms with E-state index in [1.165, 1.54) is 4.31 Å². The van der Waals surface area contributed by atoms with Crippen LogP contribution in [0.25, 0.3) is 0 Å². The first-order valence-corrected chi connectivity index (χ1v) is 9.50. The maximum absolute atomic E-state index is 12.9. The molecule has 1 aliphatic heterocycles. The van der Waals surface area contributed by atoms with Gasteiger partial charge in [-0.1, -0.05) is 13.8 Å². The van der Waals surface area contributed by atoms with Gasteiger partial charge in [0.15, 0.2) is 0 Å². The molecule has 1 aromatic rings. The highest BCUT2D eigenvalue weighted by molar-refractivity contribution is 7.86. The molecule has 0 spiro atoms. The van der Waals surface area contributed by atoms with E-state index in [4.69, 9.17) is 0 Å². The van der Waals surface area contributed by atoms with Gasteiger partial charge in [0.2, 0.25) is 0 Å². The highest BCUT2D eigenvalue weighted by Gasteiger charge is 2.38. The van der Waals surface area contributed by atoms with Gasteiger partial charge >= 0.3 is 0 Å². The first kappa shape index (κ1) is 18.1. The fourth-order valence-corrected chi connectivity index (χ4v) is 4.83. The van der Waals surface area contributed by atoms with Crippen molar-refractivity contribution in [2.75, 3.05) is 38.6 Å². The zero-order chi connectivity index (χ0) is 17.2. The smallest absolute Gasteiger partial charge is 0.282 e. The number of aromatic nitrogens is 2. The molecular weight excluding hydrogens is 314 g/mol. The van der Waals surface area contributed by atoms with E-state index in [2.05, 4.69) is 9.97 Å². The second kappa shape index (κ2) is 7.11. The van der Waals surface area contributed by atoms with Gasteiger partial charge in [0.25, 0.3) is 10.2 Å². The molecule has 0 bridgehead atoms. The summed E-state index contributed by atoms with van der Waals surface area (Å²) in [6.07, 6.45) is 1.65. The Bertz CT molecular complexity index is 643. The highest BCUT2D eigenvalue weighted by atomic mass is 32.2. The lowest BCUT2D eigenvalue weighted by atomic mass is 10.1. The SMILES string of the molecule is CCN(CC)S(=O)(=O)N1CCC[C@H]1c1cc(N(C)C)nc(C)n1. The summed E-state index contributed by atoms with van der Waals surface area (Å²) in [6, 6.07) is 1.69. The van der Waals surface area contributed by atoms with Crippen molar-refractivity contribution in [3.63, 3.8) is 0 Å². The van der Waals surface area contributed by atoms with Gasteiger partial charge < -0.3 is 4.90 Å². The average molecular weight is 341 g/mol. The van der Waals surface area contributed by atoms with E-state index in [0.29, 0.717) is 25.5 Å². The lowest BCUT2D eigenvalue weighted by Gasteiger charge is -2.29. The molecule has 0 aromatic carbocycles. The van der Waals surface area contributed by atoms with Gasteiger partial charge in [0.1, 0.15) is 11.6 Å². The number of hydrogen-bond acceptors (Lipinski definition) is 5. The van der Waals surface area contributed by atoms with Gasteiger partial charge in [-0.25, -0.2) is 9.97 Å². The van der Waals surface area contributed by atoms with Crippen molar-refractivity contribution in [3.05, 3.63) is 17.6 Å². The Morgan fingerprint density at radius 3 is 2.48 bits per heavy atom. The number of nitrogens with zero attached hydrogens (tertiary/aromatic N) is 5. The van der Waals surface area contributed by atoms with Crippen LogP contribution >= 0.6 is 0 Å². The minimum atomic E-state index is -3.45. The van der Waals surface area contributed by atoms with Crippen LogP contribution in [-0.2, 0) is 10.2 Å². The van der Waals surface area contributed by atoms with Gasteiger partial charge in [-0.2, -0.15) is 17.0 Å². The number of hydrogen-bond donors (Lipinski definition) is 0. The predicted octanol–water partition coefficient (Wildman–Crippen LogP) is 1.57. The first-order valence-electron chi connectivity index (χ1n) is 8.11. The zero-order valence-corrected chi connectivity index (χ0v) is 15.5. The van der Waals surface area contributed by atoms with Gasteiger partial charge in [0, 0.05) is 39.8 Å². The summed E-state index contributed by atoms with van der Waals surface area (Å²) in [7, 11) is 0.391. The van der Waals surface area contributed by atoms with Crippen molar-refractivity contribution in [1.82, 2.24) is 18.6 Å². The largest absolute Gasteiger partial charge is 0.363 e. The summed E-state index contributed by atoms with van der Waals surface area (Å²) < 4.78 is 28.9. The molecule has 23 heavy (non-hydrogen) atoms. The van der Waals surface area contributed by atoms with E-state index in [1.807, 2.05) is 45.8 Å². The van der Waals surface area contributed by atoms with Crippen LogP contribution in [0.1, 0.15) is 44.2 Å². The number of rotatable bonds is 6. The lowest BCUT2D eigenvalue weighted by molar-refractivity contribution is 0.334.